The third-order valence-corrected chi connectivity index (χ3v) is 6.12. The first-order chi connectivity index (χ1) is 12.2. The van der Waals surface area contributed by atoms with Crippen molar-refractivity contribution < 1.29 is 4.79 Å². The highest BCUT2D eigenvalue weighted by Crippen LogP contribution is 2.28. The summed E-state index contributed by atoms with van der Waals surface area (Å²) >= 11 is 1.62. The number of pyridine rings is 1. The van der Waals surface area contributed by atoms with Gasteiger partial charge in [0.1, 0.15) is 5.03 Å². The molecule has 3 aliphatic rings. The van der Waals surface area contributed by atoms with Crippen molar-refractivity contribution in [2.45, 2.75) is 35.7 Å². The molecule has 5 rings (SSSR count). The molecule has 0 saturated carbocycles. The van der Waals surface area contributed by atoms with Gasteiger partial charge in [0.2, 0.25) is 0 Å². The van der Waals surface area contributed by atoms with Crippen molar-refractivity contribution in [3.63, 3.8) is 0 Å². The van der Waals surface area contributed by atoms with Gasteiger partial charge in [-0.15, -0.1) is 0 Å². The molecule has 3 saturated heterocycles. The average Bonchev–Trinajstić information content (AvgIpc) is 2.63. The van der Waals surface area contributed by atoms with Crippen molar-refractivity contribution in [2.75, 3.05) is 19.6 Å². The standard InChI is InChI=1S/C20H23N3OS/c1-14-3-2-4-19(21-14)25-17-7-5-16(6-8-17)20(24)22-18-13-23-11-9-15(18)10-12-23/h2-8,15,18H,9-13H2,1H3,(H,22,24)/t18-/m0/s1. The van der Waals surface area contributed by atoms with Crippen molar-refractivity contribution in [2.24, 2.45) is 5.92 Å². The molecule has 3 fully saturated rings. The molecular formula is C20H23N3OS. The number of rotatable bonds is 4. The van der Waals surface area contributed by atoms with Gasteiger partial charge in [-0.25, -0.2) is 4.98 Å². The fourth-order valence-corrected chi connectivity index (χ4v) is 4.60. The Balaban J connectivity index is 1.39. The smallest absolute Gasteiger partial charge is 0.251 e. The van der Waals surface area contributed by atoms with Gasteiger partial charge in [0.05, 0.1) is 0 Å². The van der Waals surface area contributed by atoms with Crippen LogP contribution in [0.15, 0.2) is 52.4 Å². The van der Waals surface area contributed by atoms with Crippen LogP contribution < -0.4 is 5.32 Å². The molecule has 1 N–H and O–H groups in total. The molecule has 0 radical (unpaired) electrons. The monoisotopic (exact) mass is 353 g/mol. The number of amides is 1. The molecule has 1 aromatic carbocycles. The lowest BCUT2D eigenvalue weighted by molar-refractivity contribution is 0.0620. The average molecular weight is 353 g/mol. The summed E-state index contributed by atoms with van der Waals surface area (Å²) < 4.78 is 0. The third kappa shape index (κ3) is 3.88. The van der Waals surface area contributed by atoms with E-state index in [0.29, 0.717) is 12.0 Å². The second kappa shape index (κ2) is 7.18. The Kier molecular flexibility index (Phi) is 4.77. The van der Waals surface area contributed by atoms with Crippen LogP contribution in [0.4, 0.5) is 0 Å². The zero-order valence-electron chi connectivity index (χ0n) is 14.4. The van der Waals surface area contributed by atoms with E-state index in [1.54, 1.807) is 11.8 Å². The van der Waals surface area contributed by atoms with Gasteiger partial charge in [-0.1, -0.05) is 17.8 Å². The number of carbonyl (C=O) groups excluding carboxylic acids is 1. The van der Waals surface area contributed by atoms with Gasteiger partial charge in [0.15, 0.2) is 0 Å². The first-order valence-corrected chi connectivity index (χ1v) is 9.74. The molecule has 2 aromatic rings. The topological polar surface area (TPSA) is 45.2 Å². The number of piperidine rings is 3. The molecule has 1 amide bonds. The third-order valence-electron chi connectivity index (χ3n) is 5.17. The Hall–Kier alpha value is -1.85. The Morgan fingerprint density at radius 3 is 2.56 bits per heavy atom. The van der Waals surface area contributed by atoms with E-state index in [9.17, 15) is 4.79 Å². The zero-order chi connectivity index (χ0) is 17.2. The highest BCUT2D eigenvalue weighted by molar-refractivity contribution is 7.99. The lowest BCUT2D eigenvalue weighted by atomic mass is 9.84. The minimum atomic E-state index is 0.0454. The Bertz CT molecular complexity index is 754. The van der Waals surface area contributed by atoms with E-state index in [1.807, 2.05) is 49.4 Å². The number of fused-ring (bicyclic) bond motifs is 3. The van der Waals surface area contributed by atoms with E-state index in [2.05, 4.69) is 15.2 Å². The predicted octanol–water partition coefficient (Wildman–Crippen LogP) is 3.37. The molecule has 1 aromatic heterocycles. The van der Waals surface area contributed by atoms with Crippen molar-refractivity contribution in [3.8, 4) is 0 Å². The molecule has 4 nitrogen and oxygen atoms in total. The Morgan fingerprint density at radius 2 is 1.92 bits per heavy atom. The van der Waals surface area contributed by atoms with Gasteiger partial charge in [-0.3, -0.25) is 4.79 Å². The predicted molar refractivity (Wildman–Crippen MR) is 100.0 cm³/mol. The van der Waals surface area contributed by atoms with Crippen molar-refractivity contribution in [3.05, 3.63) is 53.7 Å². The quantitative estimate of drug-likeness (QED) is 0.915. The molecule has 3 aliphatic heterocycles. The highest BCUT2D eigenvalue weighted by atomic mass is 32.2. The van der Waals surface area contributed by atoms with Crippen LogP contribution in [0.2, 0.25) is 0 Å². The van der Waals surface area contributed by atoms with E-state index < -0.39 is 0 Å². The molecule has 1 atom stereocenters. The summed E-state index contributed by atoms with van der Waals surface area (Å²) in [5.74, 6) is 0.695. The molecule has 130 valence electrons. The lowest BCUT2D eigenvalue weighted by Gasteiger charge is -2.44. The van der Waals surface area contributed by atoms with E-state index >= 15 is 0 Å². The maximum absolute atomic E-state index is 12.6. The van der Waals surface area contributed by atoms with E-state index in [4.69, 9.17) is 0 Å². The molecule has 25 heavy (non-hydrogen) atoms. The van der Waals surface area contributed by atoms with Gasteiger partial charge in [0.25, 0.3) is 5.91 Å². The van der Waals surface area contributed by atoms with E-state index in [1.165, 1.54) is 25.9 Å². The van der Waals surface area contributed by atoms with Crippen LogP contribution >= 0.6 is 11.8 Å². The molecular weight excluding hydrogens is 330 g/mol. The summed E-state index contributed by atoms with van der Waals surface area (Å²) in [7, 11) is 0. The van der Waals surface area contributed by atoms with Gasteiger partial charge in [-0.2, -0.15) is 0 Å². The first kappa shape index (κ1) is 16.6. The summed E-state index contributed by atoms with van der Waals surface area (Å²) in [4.78, 5) is 20.6. The number of benzene rings is 1. The van der Waals surface area contributed by atoms with Crippen molar-refractivity contribution >= 4 is 17.7 Å². The van der Waals surface area contributed by atoms with Crippen LogP contribution in [0.5, 0.6) is 0 Å². The lowest BCUT2D eigenvalue weighted by Crippen LogP contribution is -2.57. The van der Waals surface area contributed by atoms with Crippen LogP contribution in [0.1, 0.15) is 28.9 Å². The van der Waals surface area contributed by atoms with Crippen LogP contribution in [-0.4, -0.2) is 41.5 Å². The van der Waals surface area contributed by atoms with Crippen LogP contribution in [-0.2, 0) is 0 Å². The fraction of sp³-hybridized carbons (Fsp3) is 0.400. The minimum Gasteiger partial charge on any atom is -0.348 e. The van der Waals surface area contributed by atoms with Gasteiger partial charge in [-0.05, 0) is 75.2 Å². The van der Waals surface area contributed by atoms with Gasteiger partial charge in [0, 0.05) is 28.7 Å². The van der Waals surface area contributed by atoms with Crippen LogP contribution in [0.3, 0.4) is 0 Å². The summed E-state index contributed by atoms with van der Waals surface area (Å²) in [6, 6.07) is 14.1. The van der Waals surface area contributed by atoms with E-state index in [0.717, 1.165) is 27.7 Å². The van der Waals surface area contributed by atoms with Gasteiger partial charge < -0.3 is 10.2 Å². The Morgan fingerprint density at radius 1 is 1.16 bits per heavy atom. The van der Waals surface area contributed by atoms with Crippen molar-refractivity contribution in [1.29, 1.82) is 0 Å². The number of hydrogen-bond donors (Lipinski definition) is 1. The largest absolute Gasteiger partial charge is 0.348 e. The molecule has 0 aliphatic carbocycles. The molecule has 0 spiro atoms. The number of aryl methyl sites for hydroxylation is 1. The second-order valence-electron chi connectivity index (χ2n) is 6.96. The SMILES string of the molecule is Cc1cccc(Sc2ccc(C(=O)N[C@H]3CN4CCC3CC4)cc2)n1. The number of aromatic nitrogens is 1. The summed E-state index contributed by atoms with van der Waals surface area (Å²) in [5.41, 5.74) is 1.75. The summed E-state index contributed by atoms with van der Waals surface area (Å²) in [6.07, 6.45) is 2.42. The number of carbonyl (C=O) groups is 1. The first-order valence-electron chi connectivity index (χ1n) is 8.92. The molecule has 4 heterocycles. The maximum atomic E-state index is 12.6. The van der Waals surface area contributed by atoms with Crippen LogP contribution in [0.25, 0.3) is 0 Å². The minimum absolute atomic E-state index is 0.0454. The van der Waals surface area contributed by atoms with Gasteiger partial charge >= 0.3 is 0 Å². The zero-order valence-corrected chi connectivity index (χ0v) is 15.3. The maximum Gasteiger partial charge on any atom is 0.251 e. The van der Waals surface area contributed by atoms with Crippen LogP contribution in [0, 0.1) is 12.8 Å². The van der Waals surface area contributed by atoms with E-state index in [-0.39, 0.29) is 5.91 Å². The molecule has 2 bridgehead atoms. The Labute approximate surface area is 153 Å². The van der Waals surface area contributed by atoms with Crippen molar-refractivity contribution in [1.82, 2.24) is 15.2 Å². The number of nitrogens with zero attached hydrogens (tertiary/aromatic N) is 2. The fourth-order valence-electron chi connectivity index (χ4n) is 3.75. The number of hydrogen-bond acceptors (Lipinski definition) is 4. The summed E-state index contributed by atoms with van der Waals surface area (Å²) in [5, 5.41) is 4.22. The molecule has 5 heteroatoms. The summed E-state index contributed by atoms with van der Waals surface area (Å²) in [6.45, 7) is 5.38. The second-order valence-corrected chi connectivity index (χ2v) is 8.06. The normalized spacial score (nSPS) is 24.9. The number of nitrogens with one attached hydrogen (secondary N) is 1. The molecule has 0 unspecified atom stereocenters. The highest BCUT2D eigenvalue weighted by Gasteiger charge is 2.34.